The van der Waals surface area contributed by atoms with E-state index in [1.807, 2.05) is 0 Å². The minimum atomic E-state index is -3.15. The molecule has 0 aromatic heterocycles. The molecular weight excluding hydrogens is 399 g/mol. The lowest BCUT2D eigenvalue weighted by atomic mass is 10.1. The van der Waals surface area contributed by atoms with Crippen LogP contribution in [0.15, 0.2) is 29.4 Å². The van der Waals surface area contributed by atoms with Gasteiger partial charge in [0.15, 0.2) is 9.84 Å². The number of benzene rings is 1. The second-order valence-electron chi connectivity index (χ2n) is 7.60. The first-order chi connectivity index (χ1) is 13.8. The number of amides is 2. The van der Waals surface area contributed by atoms with Crippen LogP contribution in [0.1, 0.15) is 19.3 Å². The Morgan fingerprint density at radius 3 is 2.38 bits per heavy atom. The largest absolute Gasteiger partial charge is 0.368 e. The van der Waals surface area contributed by atoms with Gasteiger partial charge in [-0.15, -0.1) is 0 Å². The lowest BCUT2D eigenvalue weighted by Gasteiger charge is -2.37. The molecule has 0 aliphatic carbocycles. The summed E-state index contributed by atoms with van der Waals surface area (Å²) in [4.78, 5) is 28.9. The molecule has 0 bridgehead atoms. The molecule has 2 fully saturated rings. The Balaban J connectivity index is 1.41. The molecule has 2 saturated heterocycles. The number of anilines is 1. The number of hydrogen-bond acceptors (Lipinski definition) is 6. The number of piperazine rings is 1. The molecule has 2 amide bonds. The molecule has 0 spiro atoms. The predicted octanol–water partition coefficient (Wildman–Crippen LogP) is 0.640. The third-order valence-corrected chi connectivity index (χ3v) is 7.37. The molecule has 8 nitrogen and oxygen atoms in total. The van der Waals surface area contributed by atoms with Crippen LogP contribution in [0.4, 0.5) is 10.1 Å². The van der Waals surface area contributed by atoms with Gasteiger partial charge in [0.05, 0.1) is 17.5 Å². The normalized spacial score (nSPS) is 24.6. The highest BCUT2D eigenvalue weighted by atomic mass is 32.2. The fraction of sp³-hybridized carbons (Fsp3) is 0.526. The Kier molecular flexibility index (Phi) is 5.28. The molecule has 0 radical (unpaired) electrons. The monoisotopic (exact) mass is 422 g/mol. The Bertz CT molecular complexity index is 939. The smallest absolute Gasteiger partial charge is 0.270 e. The van der Waals surface area contributed by atoms with Gasteiger partial charge in [-0.3, -0.25) is 9.59 Å². The zero-order valence-corrected chi connectivity index (χ0v) is 16.8. The molecule has 0 N–H and O–H groups in total. The number of hydrogen-bond donors (Lipinski definition) is 0. The average Bonchev–Trinajstić information content (AvgIpc) is 3.08. The maximum Gasteiger partial charge on any atom is 0.270 e. The zero-order chi connectivity index (χ0) is 20.6. The van der Waals surface area contributed by atoms with Crippen LogP contribution in [0, 0.1) is 5.82 Å². The van der Waals surface area contributed by atoms with Crippen LogP contribution < -0.4 is 4.90 Å². The van der Waals surface area contributed by atoms with Crippen molar-refractivity contribution in [2.75, 3.05) is 42.6 Å². The molecule has 10 heteroatoms. The topological polar surface area (TPSA) is 90.4 Å². The second-order valence-corrected chi connectivity index (χ2v) is 9.83. The van der Waals surface area contributed by atoms with Crippen LogP contribution >= 0.6 is 0 Å². The molecule has 29 heavy (non-hydrogen) atoms. The predicted molar refractivity (Wildman–Crippen MR) is 106 cm³/mol. The molecule has 3 aliphatic heterocycles. The van der Waals surface area contributed by atoms with Crippen LogP contribution in [-0.2, 0) is 19.4 Å². The highest BCUT2D eigenvalue weighted by Crippen LogP contribution is 2.23. The van der Waals surface area contributed by atoms with E-state index in [2.05, 4.69) is 10.0 Å². The number of carbonyl (C=O) groups excluding carboxylic acids is 2. The summed E-state index contributed by atoms with van der Waals surface area (Å²) in [6.07, 6.45) is 0.790. The summed E-state index contributed by atoms with van der Waals surface area (Å²) in [5.41, 5.74) is 1.22. The van der Waals surface area contributed by atoms with E-state index in [9.17, 15) is 22.4 Å². The summed E-state index contributed by atoms with van der Waals surface area (Å²) in [7, 11) is -3.15. The number of nitrogens with zero attached hydrogens (tertiary/aromatic N) is 4. The summed E-state index contributed by atoms with van der Waals surface area (Å²) in [6.45, 7) is 2.24. The van der Waals surface area contributed by atoms with Crippen molar-refractivity contribution in [2.45, 2.75) is 25.3 Å². The van der Waals surface area contributed by atoms with Gasteiger partial charge >= 0.3 is 0 Å². The fourth-order valence-electron chi connectivity index (χ4n) is 3.98. The SMILES string of the molecule is O=C(C1=NN([C@@H]2CCS(=O)(=O)C2)C(=O)CC1)N1CCN(c2ccc(F)cc2)CC1. The maximum absolute atomic E-state index is 13.1. The summed E-state index contributed by atoms with van der Waals surface area (Å²) < 4.78 is 36.6. The number of sulfone groups is 1. The third-order valence-electron chi connectivity index (χ3n) is 5.62. The molecule has 4 rings (SSSR count). The first-order valence-corrected chi connectivity index (χ1v) is 11.5. The van der Waals surface area contributed by atoms with Gasteiger partial charge in [-0.05, 0) is 30.7 Å². The molecule has 1 aromatic rings. The van der Waals surface area contributed by atoms with Crippen LogP contribution in [0.5, 0.6) is 0 Å². The van der Waals surface area contributed by atoms with Gasteiger partial charge in [0.2, 0.25) is 5.91 Å². The highest BCUT2D eigenvalue weighted by Gasteiger charge is 2.38. The summed E-state index contributed by atoms with van der Waals surface area (Å²) in [5.74, 6) is -0.773. The van der Waals surface area contributed by atoms with Gasteiger partial charge in [-0.2, -0.15) is 5.10 Å². The zero-order valence-electron chi connectivity index (χ0n) is 16.0. The van der Waals surface area contributed by atoms with Gasteiger partial charge in [0.1, 0.15) is 11.5 Å². The Hall–Kier alpha value is -2.49. The summed E-state index contributed by atoms with van der Waals surface area (Å²) >= 11 is 0. The van der Waals surface area contributed by atoms with Gasteiger partial charge < -0.3 is 9.80 Å². The van der Waals surface area contributed by atoms with Gasteiger partial charge in [-0.1, -0.05) is 0 Å². The number of halogens is 1. The summed E-state index contributed by atoms with van der Waals surface area (Å²) in [6, 6.07) is 5.79. The number of rotatable bonds is 3. The van der Waals surface area contributed by atoms with Crippen molar-refractivity contribution in [1.29, 1.82) is 0 Å². The van der Waals surface area contributed by atoms with Crippen LogP contribution in [0.2, 0.25) is 0 Å². The van der Waals surface area contributed by atoms with Crippen molar-refractivity contribution in [3.63, 3.8) is 0 Å². The minimum absolute atomic E-state index is 0.0472. The molecule has 3 heterocycles. The van der Waals surface area contributed by atoms with Crippen molar-refractivity contribution in [1.82, 2.24) is 9.91 Å². The molecule has 1 aromatic carbocycles. The van der Waals surface area contributed by atoms with E-state index < -0.39 is 15.9 Å². The molecule has 0 unspecified atom stereocenters. The molecule has 1 atom stereocenters. The average molecular weight is 422 g/mol. The van der Waals surface area contributed by atoms with E-state index in [0.29, 0.717) is 38.3 Å². The first kappa shape index (κ1) is 19.8. The van der Waals surface area contributed by atoms with E-state index in [0.717, 1.165) is 5.69 Å². The standard InChI is InChI=1S/C19H23FN4O4S/c20-14-1-3-15(4-2-14)22-8-10-23(11-9-22)19(26)17-5-6-18(25)24(21-17)16-7-12-29(27,28)13-16/h1-4,16H,5-13H2/t16-/m1/s1. The highest BCUT2D eigenvalue weighted by molar-refractivity contribution is 7.91. The molecular formula is C19H23FN4O4S. The van der Waals surface area contributed by atoms with Crippen LogP contribution in [0.25, 0.3) is 0 Å². The maximum atomic E-state index is 13.1. The Morgan fingerprint density at radius 2 is 1.76 bits per heavy atom. The Morgan fingerprint density at radius 1 is 1.07 bits per heavy atom. The van der Waals surface area contributed by atoms with Gasteiger partial charge in [-0.25, -0.2) is 17.8 Å². The van der Waals surface area contributed by atoms with Crippen molar-refractivity contribution in [3.8, 4) is 0 Å². The lowest BCUT2D eigenvalue weighted by molar-refractivity contribution is -0.134. The fourth-order valence-corrected chi connectivity index (χ4v) is 5.67. The third kappa shape index (κ3) is 4.26. The minimum Gasteiger partial charge on any atom is -0.368 e. The van der Waals surface area contributed by atoms with Gasteiger partial charge in [0, 0.05) is 44.7 Å². The molecule has 0 saturated carbocycles. The second kappa shape index (κ2) is 7.74. The van der Waals surface area contributed by atoms with Crippen LogP contribution in [-0.4, -0.2) is 79.6 Å². The Labute approximate surface area is 168 Å². The van der Waals surface area contributed by atoms with Crippen molar-refractivity contribution in [3.05, 3.63) is 30.1 Å². The van der Waals surface area contributed by atoms with E-state index in [-0.39, 0.29) is 42.0 Å². The van der Waals surface area contributed by atoms with Crippen molar-refractivity contribution >= 4 is 33.1 Å². The molecule has 156 valence electrons. The quantitative estimate of drug-likeness (QED) is 0.713. The van der Waals surface area contributed by atoms with E-state index in [1.165, 1.54) is 17.1 Å². The summed E-state index contributed by atoms with van der Waals surface area (Å²) in [5, 5.41) is 5.48. The lowest BCUT2D eigenvalue weighted by Crippen LogP contribution is -2.52. The van der Waals surface area contributed by atoms with Crippen molar-refractivity contribution < 1.29 is 22.4 Å². The van der Waals surface area contributed by atoms with E-state index in [1.54, 1.807) is 17.0 Å². The van der Waals surface area contributed by atoms with Crippen molar-refractivity contribution in [2.24, 2.45) is 5.10 Å². The van der Waals surface area contributed by atoms with Crippen LogP contribution in [0.3, 0.4) is 0 Å². The van der Waals surface area contributed by atoms with Gasteiger partial charge in [0.25, 0.3) is 5.91 Å². The van der Waals surface area contributed by atoms with E-state index in [4.69, 9.17) is 0 Å². The molecule has 3 aliphatic rings. The number of hydrazone groups is 1. The first-order valence-electron chi connectivity index (χ1n) is 9.72. The number of carbonyl (C=O) groups is 2. The van der Waals surface area contributed by atoms with E-state index >= 15 is 0 Å².